The number of hydrogen-bond donors (Lipinski definition) is 4. The molecule has 0 aliphatic carbocycles. The first kappa shape index (κ1) is 86.6. The molecule has 0 radical (unpaired) electrons. The van der Waals surface area contributed by atoms with Gasteiger partial charge in [0.1, 0.15) is 101 Å². The Labute approximate surface area is 568 Å². The van der Waals surface area contributed by atoms with Crippen LogP contribution in [0.15, 0.2) is 30.3 Å². The molecule has 35 heteroatoms. The molecule has 98 heavy (non-hydrogen) atoms. The second-order valence-corrected chi connectivity index (χ2v) is 23.1. The van der Waals surface area contributed by atoms with Gasteiger partial charge in [-0.05, 0) is 5.56 Å². The number of benzene rings is 1. The van der Waals surface area contributed by atoms with Crippen LogP contribution >= 0.6 is 0 Å². The summed E-state index contributed by atoms with van der Waals surface area (Å²) in [6.07, 6.45) is -1.49. The first-order valence-electron chi connectivity index (χ1n) is 30.9. The molecule has 0 heterocycles. The summed E-state index contributed by atoms with van der Waals surface area (Å²) >= 11 is 0. The van der Waals surface area contributed by atoms with Gasteiger partial charge in [0.25, 0.3) is 0 Å². The molecule has 0 saturated heterocycles. The summed E-state index contributed by atoms with van der Waals surface area (Å²) in [4.78, 5) is 207. The number of nitrogens with zero attached hydrogens (tertiary/aromatic N) is 3. The Morgan fingerprint density at radius 1 is 0.255 bits per heavy atom. The molecule has 1 aromatic carbocycles. The van der Waals surface area contributed by atoms with E-state index in [1.165, 1.54) is 0 Å². The Morgan fingerprint density at radius 3 is 0.582 bits per heavy atom. The Hall–Kier alpha value is -9.38. The topological polar surface area (TPSA) is 442 Å². The van der Waals surface area contributed by atoms with Crippen molar-refractivity contribution in [2.75, 3.05) is 132 Å². The number of carbonyl (C=O) groups is 16. The summed E-state index contributed by atoms with van der Waals surface area (Å²) in [5.41, 5.74) is -6.36. The average molecular weight is 1400 g/mol. The molecular formula is C63H95N7O28. The predicted molar refractivity (Wildman–Crippen MR) is 336 cm³/mol. The molecule has 4 N–H and O–H groups in total. The van der Waals surface area contributed by atoms with E-state index in [4.69, 9.17) is 56.8 Å². The van der Waals surface area contributed by atoms with Gasteiger partial charge < -0.3 is 87.9 Å². The van der Waals surface area contributed by atoms with Crippen molar-refractivity contribution < 1.29 is 134 Å². The zero-order valence-electron chi connectivity index (χ0n) is 57.8. The van der Waals surface area contributed by atoms with Gasteiger partial charge in [-0.3, -0.25) is 81.6 Å². The lowest BCUT2D eigenvalue weighted by Crippen LogP contribution is -2.59. The van der Waals surface area contributed by atoms with Crippen molar-refractivity contribution in [2.45, 2.75) is 137 Å². The second-order valence-electron chi connectivity index (χ2n) is 23.1. The molecule has 1 aromatic rings. The predicted octanol–water partition coefficient (Wildman–Crippen LogP) is -1.17. The van der Waals surface area contributed by atoms with Crippen molar-refractivity contribution in [3.8, 4) is 0 Å². The van der Waals surface area contributed by atoms with Crippen molar-refractivity contribution >= 4 is 95.3 Å². The fourth-order valence-corrected chi connectivity index (χ4v) is 8.63. The quantitative estimate of drug-likeness (QED) is 0.0441. The fraction of sp³-hybridized carbons (Fsp3) is 0.651. The SMILES string of the molecule is CC(=O)OCC(COC(C)=O)(COC(C)=O)NC(=O)CCN(CCC(=O)NC(COC(C)=O)(COC(C)=O)COC(C)=O)CCN(CCN(CCC(=O)NC(COC(C)=O)(COC(C)=O)COC(C)=O)CCC(=O)NC(COC(C)=O)(COC(C)=O)COC(C)=O)Cc1ccccc1. The first-order chi connectivity index (χ1) is 45.9. The van der Waals surface area contributed by atoms with Crippen molar-refractivity contribution in [3.63, 3.8) is 0 Å². The molecular weight excluding hydrogens is 1300 g/mol. The van der Waals surface area contributed by atoms with Crippen LogP contribution in [0, 0.1) is 0 Å². The smallest absolute Gasteiger partial charge is 0.302 e. The lowest BCUT2D eigenvalue weighted by molar-refractivity contribution is -0.158. The minimum Gasteiger partial charge on any atom is -0.463 e. The van der Waals surface area contributed by atoms with Crippen LogP contribution in [0.5, 0.6) is 0 Å². The van der Waals surface area contributed by atoms with Crippen LogP contribution in [0.3, 0.4) is 0 Å². The minimum atomic E-state index is -1.79. The third kappa shape index (κ3) is 40.9. The lowest BCUT2D eigenvalue weighted by Gasteiger charge is -2.34. The summed E-state index contributed by atoms with van der Waals surface area (Å²) in [5, 5.41) is 10.7. The monoisotopic (exact) mass is 1400 g/mol. The molecule has 0 unspecified atom stereocenters. The van der Waals surface area contributed by atoms with Crippen LogP contribution in [-0.4, -0.2) is 264 Å². The molecule has 1 rings (SSSR count). The highest BCUT2D eigenvalue weighted by molar-refractivity contribution is 5.80. The molecule has 4 amide bonds. The number of ether oxygens (including phenoxy) is 12. The number of rotatable bonds is 48. The standard InChI is InChI=1S/C63H95N7O28/c1-43(71)87-31-60(32-88-44(2)72,33-89-45(3)73)64-56(83)18-22-68(23-19-57(84)65-61(34-90-46(4)74,35-91-47(5)75)36-92-48(6)76)26-28-70(30-55-16-14-13-15-17-55)29-27-69(24-20-58(85)66-62(37-93-49(7)77,38-94-50(8)78)39-95-51(9)79)25-21-59(86)67-63(40-96-52(10)80,41-97-53(11)81)42-98-54(12)82/h13-17H,18-42H2,1-12H3,(H,64,83)(H,65,84)(H,66,85)(H,67,86). The molecule has 550 valence electrons. The van der Waals surface area contributed by atoms with Crippen molar-refractivity contribution in [1.82, 2.24) is 36.0 Å². The average Bonchev–Trinajstić information content (AvgIpc) is 0.880. The van der Waals surface area contributed by atoms with Gasteiger partial charge in [-0.15, -0.1) is 0 Å². The highest BCUT2D eigenvalue weighted by Crippen LogP contribution is 2.17. The van der Waals surface area contributed by atoms with Crippen molar-refractivity contribution in [1.29, 1.82) is 0 Å². The van der Waals surface area contributed by atoms with Gasteiger partial charge in [0.05, 0.1) is 0 Å². The van der Waals surface area contributed by atoms with E-state index in [0.29, 0.717) is 0 Å². The Kier molecular flexibility index (Phi) is 39.9. The Bertz CT molecular complexity index is 2360. The summed E-state index contributed by atoms with van der Waals surface area (Å²) in [5.74, 6) is -12.4. The van der Waals surface area contributed by atoms with Gasteiger partial charge in [0.15, 0.2) is 0 Å². The third-order valence-corrected chi connectivity index (χ3v) is 13.6. The van der Waals surface area contributed by atoms with Gasteiger partial charge >= 0.3 is 71.6 Å². The van der Waals surface area contributed by atoms with E-state index in [-0.39, 0.29) is 84.6 Å². The zero-order valence-corrected chi connectivity index (χ0v) is 57.8. The van der Waals surface area contributed by atoms with Crippen molar-refractivity contribution in [3.05, 3.63) is 35.9 Å². The van der Waals surface area contributed by atoms with Crippen LogP contribution in [-0.2, 0) is 140 Å². The molecule has 0 bridgehead atoms. The molecule has 0 fully saturated rings. The van der Waals surface area contributed by atoms with E-state index in [2.05, 4.69) is 21.3 Å². The van der Waals surface area contributed by atoms with Gasteiger partial charge in [-0.25, -0.2) is 0 Å². The molecule has 0 aliphatic heterocycles. The van der Waals surface area contributed by atoms with E-state index in [1.807, 2.05) is 17.0 Å². The van der Waals surface area contributed by atoms with Crippen LogP contribution in [0.4, 0.5) is 0 Å². The molecule has 0 spiro atoms. The molecule has 0 aromatic heterocycles. The van der Waals surface area contributed by atoms with E-state index >= 15 is 0 Å². The van der Waals surface area contributed by atoms with Gasteiger partial charge in [-0.1, -0.05) is 30.3 Å². The van der Waals surface area contributed by atoms with Gasteiger partial charge in [0.2, 0.25) is 23.6 Å². The van der Waals surface area contributed by atoms with Crippen LogP contribution in [0.25, 0.3) is 0 Å². The Morgan fingerprint density at radius 2 is 0.418 bits per heavy atom. The fourth-order valence-electron chi connectivity index (χ4n) is 8.63. The first-order valence-corrected chi connectivity index (χ1v) is 30.9. The molecule has 0 aliphatic rings. The normalized spacial score (nSPS) is 11.4. The minimum absolute atomic E-state index is 0.0569. The largest absolute Gasteiger partial charge is 0.463 e. The Balaban J connectivity index is 4.10. The highest BCUT2D eigenvalue weighted by atomic mass is 16.6. The van der Waals surface area contributed by atoms with Gasteiger partial charge in [-0.2, -0.15) is 0 Å². The summed E-state index contributed by atoms with van der Waals surface area (Å²) in [7, 11) is 0. The maximum Gasteiger partial charge on any atom is 0.302 e. The van der Waals surface area contributed by atoms with Crippen molar-refractivity contribution in [2.24, 2.45) is 0 Å². The third-order valence-electron chi connectivity index (χ3n) is 13.6. The summed E-state index contributed by atoms with van der Waals surface area (Å²) in [6.45, 7) is 5.78. The summed E-state index contributed by atoms with van der Waals surface area (Å²) in [6, 6.07) is 9.07. The maximum absolute atomic E-state index is 14.1. The van der Waals surface area contributed by atoms with E-state index in [9.17, 15) is 76.7 Å². The van der Waals surface area contributed by atoms with Crippen LogP contribution < -0.4 is 21.3 Å². The number of carbonyl (C=O) groups excluding carboxylic acids is 16. The zero-order chi connectivity index (χ0) is 74.1. The molecule has 35 nitrogen and oxygen atoms in total. The second kappa shape index (κ2) is 45.2. The number of esters is 12. The maximum atomic E-state index is 14.1. The van der Waals surface area contributed by atoms with E-state index in [1.54, 1.807) is 28.0 Å². The number of nitrogens with one attached hydrogen (secondary N) is 4. The number of amides is 4. The molecule has 0 atom stereocenters. The van der Waals surface area contributed by atoms with E-state index < -0.39 is 197 Å². The number of hydrogen-bond acceptors (Lipinski definition) is 31. The lowest BCUT2D eigenvalue weighted by atomic mass is 10.0. The van der Waals surface area contributed by atoms with E-state index in [0.717, 1.165) is 88.6 Å². The van der Waals surface area contributed by atoms with Crippen LogP contribution in [0.1, 0.15) is 114 Å². The van der Waals surface area contributed by atoms with Crippen LogP contribution in [0.2, 0.25) is 0 Å². The summed E-state index contributed by atoms with van der Waals surface area (Å²) < 4.78 is 62.7. The molecule has 0 saturated carbocycles. The van der Waals surface area contributed by atoms with Gasteiger partial charge in [0, 0.05) is 168 Å². The highest BCUT2D eigenvalue weighted by Gasteiger charge is 2.41.